The predicted octanol–water partition coefficient (Wildman–Crippen LogP) is 4.76. The van der Waals surface area contributed by atoms with Crippen molar-refractivity contribution in [1.82, 2.24) is 5.32 Å². The molecule has 0 saturated heterocycles. The maximum absolute atomic E-state index is 13.3. The van der Waals surface area contributed by atoms with Crippen LogP contribution < -0.4 is 10.6 Å². The summed E-state index contributed by atoms with van der Waals surface area (Å²) < 4.78 is 40.0. The van der Waals surface area contributed by atoms with Crippen molar-refractivity contribution in [2.75, 3.05) is 5.32 Å². The molecule has 0 aliphatic heterocycles. The lowest BCUT2D eigenvalue weighted by atomic mass is 10.1. The first kappa shape index (κ1) is 20.1. The smallest absolute Gasteiger partial charge is 0.358 e. The Balaban J connectivity index is 1.93. The maximum atomic E-state index is 13.3. The van der Waals surface area contributed by atoms with Gasteiger partial charge in [-0.2, -0.15) is 13.2 Å². The average Bonchev–Trinajstić information content (AvgIpc) is 2.73. The number of nitrogens with one attached hydrogen (secondary N) is 2. The Morgan fingerprint density at radius 3 is 1.83 bits per heavy atom. The Morgan fingerprint density at radius 2 is 1.24 bits per heavy atom. The number of Topliss-reactive ketones (excluding diaryl/α,β-unsaturated/α-hetero) is 1. The van der Waals surface area contributed by atoms with Gasteiger partial charge >= 0.3 is 6.18 Å². The van der Waals surface area contributed by atoms with Gasteiger partial charge in [-0.1, -0.05) is 60.7 Å². The van der Waals surface area contributed by atoms with E-state index in [4.69, 9.17) is 0 Å². The SMILES string of the molecule is O=C(NC(Nc1ccccc1C(F)(F)F)C(=O)c1ccccc1)c1ccccc1. The highest BCUT2D eigenvalue weighted by Gasteiger charge is 2.34. The molecule has 148 valence electrons. The molecule has 3 aromatic rings. The lowest BCUT2D eigenvalue weighted by Crippen LogP contribution is -2.46. The maximum Gasteiger partial charge on any atom is 0.418 e. The molecular formula is C22H17F3N2O2. The third kappa shape index (κ3) is 5.01. The number of halogens is 3. The van der Waals surface area contributed by atoms with Crippen LogP contribution >= 0.6 is 0 Å². The molecule has 2 N–H and O–H groups in total. The summed E-state index contributed by atoms with van der Waals surface area (Å²) in [5.41, 5.74) is -0.699. The van der Waals surface area contributed by atoms with Crippen LogP contribution in [0.15, 0.2) is 84.9 Å². The molecule has 1 atom stereocenters. The minimum absolute atomic E-state index is 0.253. The van der Waals surface area contributed by atoms with E-state index in [0.717, 1.165) is 6.07 Å². The summed E-state index contributed by atoms with van der Waals surface area (Å²) in [6, 6.07) is 20.9. The lowest BCUT2D eigenvalue weighted by molar-refractivity contribution is -0.137. The normalized spacial score (nSPS) is 12.1. The Labute approximate surface area is 165 Å². The first-order valence-electron chi connectivity index (χ1n) is 8.74. The van der Waals surface area contributed by atoms with Crippen LogP contribution in [0.2, 0.25) is 0 Å². The van der Waals surface area contributed by atoms with Gasteiger partial charge in [0.2, 0.25) is 5.78 Å². The topological polar surface area (TPSA) is 58.2 Å². The van der Waals surface area contributed by atoms with Gasteiger partial charge in [-0.05, 0) is 24.3 Å². The molecule has 3 aromatic carbocycles. The van der Waals surface area contributed by atoms with E-state index in [1.54, 1.807) is 48.5 Å². The summed E-state index contributed by atoms with van der Waals surface area (Å²) in [6.45, 7) is 0. The average molecular weight is 398 g/mol. The van der Waals surface area contributed by atoms with Gasteiger partial charge in [-0.25, -0.2) is 0 Å². The minimum Gasteiger partial charge on any atom is -0.358 e. The number of rotatable bonds is 6. The second kappa shape index (κ2) is 8.60. The Bertz CT molecular complexity index is 990. The number of ketones is 1. The van der Waals surface area contributed by atoms with Gasteiger partial charge in [0.1, 0.15) is 0 Å². The molecule has 3 rings (SSSR count). The van der Waals surface area contributed by atoms with E-state index in [-0.39, 0.29) is 16.8 Å². The summed E-state index contributed by atoms with van der Waals surface area (Å²) >= 11 is 0. The van der Waals surface area contributed by atoms with Gasteiger partial charge in [0.25, 0.3) is 5.91 Å². The molecule has 0 fully saturated rings. The van der Waals surface area contributed by atoms with Crippen LogP contribution in [0.25, 0.3) is 0 Å². The minimum atomic E-state index is -4.62. The van der Waals surface area contributed by atoms with Gasteiger partial charge in [-0.3, -0.25) is 9.59 Å². The summed E-state index contributed by atoms with van der Waals surface area (Å²) in [5, 5.41) is 5.04. The summed E-state index contributed by atoms with van der Waals surface area (Å²) in [4.78, 5) is 25.5. The monoisotopic (exact) mass is 398 g/mol. The van der Waals surface area contributed by atoms with Crippen molar-refractivity contribution in [3.05, 3.63) is 102 Å². The summed E-state index contributed by atoms with van der Waals surface area (Å²) in [5.74, 6) is -1.15. The van der Waals surface area contributed by atoms with Crippen molar-refractivity contribution in [2.24, 2.45) is 0 Å². The number of amides is 1. The van der Waals surface area contributed by atoms with E-state index < -0.39 is 29.6 Å². The molecule has 0 heterocycles. The highest BCUT2D eigenvalue weighted by Crippen LogP contribution is 2.34. The van der Waals surface area contributed by atoms with Crippen LogP contribution in [-0.2, 0) is 6.18 Å². The first-order chi connectivity index (χ1) is 13.9. The molecule has 0 radical (unpaired) electrons. The molecule has 0 aromatic heterocycles. The van der Waals surface area contributed by atoms with Gasteiger partial charge in [-0.15, -0.1) is 0 Å². The number of benzene rings is 3. The van der Waals surface area contributed by atoms with Crippen LogP contribution in [0.3, 0.4) is 0 Å². The van der Waals surface area contributed by atoms with Crippen LogP contribution in [0.4, 0.5) is 18.9 Å². The van der Waals surface area contributed by atoms with Crippen LogP contribution in [0.1, 0.15) is 26.3 Å². The molecule has 1 amide bonds. The first-order valence-corrected chi connectivity index (χ1v) is 8.74. The number of para-hydroxylation sites is 1. The van der Waals surface area contributed by atoms with Crippen molar-refractivity contribution < 1.29 is 22.8 Å². The zero-order valence-electron chi connectivity index (χ0n) is 15.1. The van der Waals surface area contributed by atoms with Crippen LogP contribution in [0, 0.1) is 0 Å². The third-order valence-electron chi connectivity index (χ3n) is 4.16. The van der Waals surface area contributed by atoms with E-state index in [1.807, 2.05) is 0 Å². The Hall–Kier alpha value is -3.61. The number of hydrogen-bond donors (Lipinski definition) is 2. The van der Waals surface area contributed by atoms with Crippen molar-refractivity contribution in [3.63, 3.8) is 0 Å². The lowest BCUT2D eigenvalue weighted by Gasteiger charge is -2.23. The zero-order valence-corrected chi connectivity index (χ0v) is 15.1. The van der Waals surface area contributed by atoms with E-state index in [9.17, 15) is 22.8 Å². The highest BCUT2D eigenvalue weighted by atomic mass is 19.4. The van der Waals surface area contributed by atoms with Crippen LogP contribution in [-0.4, -0.2) is 17.9 Å². The van der Waals surface area contributed by atoms with Crippen molar-refractivity contribution >= 4 is 17.4 Å². The van der Waals surface area contributed by atoms with Crippen molar-refractivity contribution in [3.8, 4) is 0 Å². The molecule has 0 bridgehead atoms. The van der Waals surface area contributed by atoms with Crippen LogP contribution in [0.5, 0.6) is 0 Å². The third-order valence-corrected chi connectivity index (χ3v) is 4.16. The van der Waals surface area contributed by atoms with Crippen molar-refractivity contribution in [2.45, 2.75) is 12.3 Å². The Morgan fingerprint density at radius 1 is 0.724 bits per heavy atom. The second-order valence-electron chi connectivity index (χ2n) is 6.19. The molecule has 4 nitrogen and oxygen atoms in total. The number of carbonyl (C=O) groups excluding carboxylic acids is 2. The van der Waals surface area contributed by atoms with E-state index in [2.05, 4.69) is 10.6 Å². The summed E-state index contributed by atoms with van der Waals surface area (Å²) in [6.07, 6.45) is -6.01. The number of hydrogen-bond acceptors (Lipinski definition) is 3. The molecule has 0 saturated carbocycles. The number of carbonyl (C=O) groups is 2. The second-order valence-corrected chi connectivity index (χ2v) is 6.19. The quantitative estimate of drug-likeness (QED) is 0.465. The van der Waals surface area contributed by atoms with E-state index in [0.29, 0.717) is 0 Å². The fourth-order valence-corrected chi connectivity index (χ4v) is 2.75. The molecule has 7 heteroatoms. The molecule has 0 aliphatic rings. The molecule has 0 spiro atoms. The van der Waals surface area contributed by atoms with E-state index in [1.165, 1.54) is 30.3 Å². The van der Waals surface area contributed by atoms with Gasteiger partial charge in [0, 0.05) is 16.8 Å². The molecule has 0 aliphatic carbocycles. The molecule has 1 unspecified atom stereocenters. The van der Waals surface area contributed by atoms with Gasteiger partial charge < -0.3 is 10.6 Å². The molecule has 29 heavy (non-hydrogen) atoms. The zero-order chi connectivity index (χ0) is 20.9. The van der Waals surface area contributed by atoms with E-state index >= 15 is 0 Å². The fourth-order valence-electron chi connectivity index (χ4n) is 2.75. The standard InChI is InChI=1S/C22H17F3N2O2/c23-22(24,25)17-13-7-8-14-18(17)26-20(19(28)15-9-3-1-4-10-15)27-21(29)16-11-5-2-6-12-16/h1-14,20,26H,(H,27,29). The van der Waals surface area contributed by atoms with Crippen molar-refractivity contribution in [1.29, 1.82) is 0 Å². The summed E-state index contributed by atoms with van der Waals surface area (Å²) in [7, 11) is 0. The number of anilines is 1. The Kier molecular flexibility index (Phi) is 5.97. The largest absolute Gasteiger partial charge is 0.418 e. The van der Waals surface area contributed by atoms with Gasteiger partial charge in [0.05, 0.1) is 5.56 Å². The highest BCUT2D eigenvalue weighted by molar-refractivity contribution is 6.05. The number of alkyl halides is 3. The molecular weight excluding hydrogens is 381 g/mol. The fraction of sp³-hybridized carbons (Fsp3) is 0.0909. The predicted molar refractivity (Wildman–Crippen MR) is 104 cm³/mol. The van der Waals surface area contributed by atoms with Gasteiger partial charge in [0.15, 0.2) is 6.17 Å².